The number of nitrogens with zero attached hydrogens (tertiary/aromatic N) is 1. The van der Waals surface area contributed by atoms with Crippen molar-refractivity contribution >= 4 is 27.3 Å². The van der Waals surface area contributed by atoms with Crippen molar-refractivity contribution in [1.82, 2.24) is 9.62 Å². The highest BCUT2D eigenvalue weighted by Crippen LogP contribution is 2.37. The van der Waals surface area contributed by atoms with Crippen LogP contribution in [0.15, 0.2) is 32.9 Å². The van der Waals surface area contributed by atoms with Gasteiger partial charge in [-0.1, -0.05) is 18.9 Å². The van der Waals surface area contributed by atoms with Gasteiger partial charge in [0.15, 0.2) is 5.76 Å². The molecule has 1 atom stereocenters. The first-order valence-corrected chi connectivity index (χ1v) is 12.2. The second kappa shape index (κ2) is 8.00. The van der Waals surface area contributed by atoms with Crippen molar-refractivity contribution in [1.29, 1.82) is 0 Å². The lowest BCUT2D eigenvalue weighted by Crippen LogP contribution is -2.32. The number of carbonyl (C=O) groups is 1. The molecule has 1 N–H and O–H groups in total. The average molecular weight is 423 g/mol. The van der Waals surface area contributed by atoms with E-state index in [1.807, 2.05) is 17.5 Å². The van der Waals surface area contributed by atoms with E-state index in [1.54, 1.807) is 18.3 Å². The molecule has 0 spiro atoms. The Hall–Kier alpha value is -1.64. The van der Waals surface area contributed by atoms with E-state index in [2.05, 4.69) is 5.32 Å². The van der Waals surface area contributed by atoms with Crippen molar-refractivity contribution in [2.45, 2.75) is 56.4 Å². The van der Waals surface area contributed by atoms with E-state index < -0.39 is 10.0 Å². The van der Waals surface area contributed by atoms with E-state index in [-0.39, 0.29) is 28.4 Å². The molecule has 0 radical (unpaired) electrons. The van der Waals surface area contributed by atoms with Crippen LogP contribution in [-0.4, -0.2) is 31.7 Å². The van der Waals surface area contributed by atoms with Crippen LogP contribution in [0.5, 0.6) is 0 Å². The number of aryl methyl sites for hydroxylation is 1. The summed E-state index contributed by atoms with van der Waals surface area (Å²) in [5.74, 6) is 0.392. The van der Waals surface area contributed by atoms with E-state index in [1.165, 1.54) is 23.2 Å². The van der Waals surface area contributed by atoms with Gasteiger partial charge in [0.05, 0.1) is 6.04 Å². The standard InChI is InChI=1S/C20H26N2O4S2/c1-14-18(28(24,25)22-10-4-5-11-22)13-16(26-14)20(23)21-19(15-7-2-3-8-15)17-9-6-12-27-17/h6,9,12-13,15,19H,2-5,7-8,10-11H2,1H3,(H,21,23)/t19-/m0/s1. The number of hydrogen-bond acceptors (Lipinski definition) is 5. The lowest BCUT2D eigenvalue weighted by atomic mass is 9.96. The van der Waals surface area contributed by atoms with Crippen LogP contribution in [0.25, 0.3) is 0 Å². The largest absolute Gasteiger partial charge is 0.455 e. The van der Waals surface area contributed by atoms with Crippen molar-refractivity contribution in [2.24, 2.45) is 5.92 Å². The second-order valence-corrected chi connectivity index (χ2v) is 10.5. The van der Waals surface area contributed by atoms with Gasteiger partial charge in [-0.2, -0.15) is 4.31 Å². The van der Waals surface area contributed by atoms with E-state index in [4.69, 9.17) is 4.42 Å². The van der Waals surface area contributed by atoms with Crippen LogP contribution in [-0.2, 0) is 10.0 Å². The average Bonchev–Trinajstić information content (AvgIpc) is 3.47. The van der Waals surface area contributed by atoms with Crippen molar-refractivity contribution < 1.29 is 17.6 Å². The monoisotopic (exact) mass is 422 g/mol. The highest BCUT2D eigenvalue weighted by molar-refractivity contribution is 7.89. The number of nitrogens with one attached hydrogen (secondary N) is 1. The minimum Gasteiger partial charge on any atom is -0.455 e. The Morgan fingerprint density at radius 1 is 1.25 bits per heavy atom. The molecule has 0 aromatic carbocycles. The topological polar surface area (TPSA) is 79.6 Å². The Labute approximate surface area is 170 Å². The first-order chi connectivity index (χ1) is 13.5. The van der Waals surface area contributed by atoms with Crippen LogP contribution in [0.2, 0.25) is 0 Å². The molecule has 4 rings (SSSR count). The highest BCUT2D eigenvalue weighted by Gasteiger charge is 2.33. The Balaban J connectivity index is 1.56. The highest BCUT2D eigenvalue weighted by atomic mass is 32.2. The zero-order valence-electron chi connectivity index (χ0n) is 16.0. The predicted octanol–water partition coefficient (Wildman–Crippen LogP) is 4.10. The summed E-state index contributed by atoms with van der Waals surface area (Å²) in [7, 11) is -3.61. The third-order valence-electron chi connectivity index (χ3n) is 5.79. The van der Waals surface area contributed by atoms with Crippen LogP contribution in [0.1, 0.15) is 65.8 Å². The third kappa shape index (κ3) is 3.77. The van der Waals surface area contributed by atoms with Crippen molar-refractivity contribution in [3.8, 4) is 0 Å². The Bertz CT molecular complexity index is 922. The maximum absolute atomic E-state index is 12.9. The molecule has 8 heteroatoms. The van der Waals surface area contributed by atoms with Crippen LogP contribution in [0.4, 0.5) is 0 Å². The number of amides is 1. The normalized spacial score (nSPS) is 19.9. The van der Waals surface area contributed by atoms with Gasteiger partial charge in [-0.15, -0.1) is 11.3 Å². The summed E-state index contributed by atoms with van der Waals surface area (Å²) in [4.78, 5) is 14.1. The molecule has 28 heavy (non-hydrogen) atoms. The molecule has 3 heterocycles. The van der Waals surface area contributed by atoms with Crippen LogP contribution in [0, 0.1) is 12.8 Å². The zero-order chi connectivity index (χ0) is 19.7. The summed E-state index contributed by atoms with van der Waals surface area (Å²) in [6.45, 7) is 2.65. The first-order valence-electron chi connectivity index (χ1n) is 9.91. The van der Waals surface area contributed by atoms with Crippen LogP contribution >= 0.6 is 11.3 Å². The number of furan rings is 1. The molecule has 1 saturated carbocycles. The predicted molar refractivity (Wildman–Crippen MR) is 108 cm³/mol. The Kier molecular flexibility index (Phi) is 5.62. The molecule has 2 fully saturated rings. The Morgan fingerprint density at radius 3 is 2.61 bits per heavy atom. The van der Waals surface area contributed by atoms with Gasteiger partial charge >= 0.3 is 0 Å². The number of sulfonamides is 1. The Morgan fingerprint density at radius 2 is 1.96 bits per heavy atom. The maximum Gasteiger partial charge on any atom is 0.287 e. The van der Waals surface area contributed by atoms with Gasteiger partial charge in [-0.25, -0.2) is 8.42 Å². The molecule has 0 unspecified atom stereocenters. The molecule has 2 aliphatic rings. The van der Waals surface area contributed by atoms with Gasteiger partial charge in [-0.05, 0) is 50.0 Å². The summed E-state index contributed by atoms with van der Waals surface area (Å²) in [6.07, 6.45) is 6.28. The number of thiophene rings is 1. The SMILES string of the molecule is Cc1oc(C(=O)N[C@H](c2cccs2)C2CCCC2)cc1S(=O)(=O)N1CCCC1. The third-order valence-corrected chi connectivity index (χ3v) is 8.75. The number of rotatable bonds is 6. The second-order valence-electron chi connectivity index (χ2n) is 7.65. The molecule has 2 aromatic heterocycles. The molecule has 1 amide bonds. The summed E-state index contributed by atoms with van der Waals surface area (Å²) in [5, 5.41) is 5.12. The van der Waals surface area contributed by atoms with Crippen molar-refractivity contribution in [3.05, 3.63) is 40.0 Å². The lowest BCUT2D eigenvalue weighted by Gasteiger charge is -2.23. The molecule has 2 aromatic rings. The summed E-state index contributed by atoms with van der Waals surface area (Å²) in [6, 6.07) is 5.37. The van der Waals surface area contributed by atoms with Gasteiger partial charge < -0.3 is 9.73 Å². The van der Waals surface area contributed by atoms with Gasteiger partial charge in [0, 0.05) is 24.0 Å². The first kappa shape index (κ1) is 19.7. The van der Waals surface area contributed by atoms with Gasteiger partial charge in [0.2, 0.25) is 10.0 Å². The van der Waals surface area contributed by atoms with Crippen molar-refractivity contribution in [3.63, 3.8) is 0 Å². The minimum absolute atomic E-state index is 0.0564. The molecule has 1 aliphatic carbocycles. The number of hydrogen-bond donors (Lipinski definition) is 1. The van der Waals surface area contributed by atoms with Gasteiger partial charge in [0.1, 0.15) is 10.7 Å². The molecule has 1 aliphatic heterocycles. The lowest BCUT2D eigenvalue weighted by molar-refractivity contribution is 0.0893. The summed E-state index contributed by atoms with van der Waals surface area (Å²) >= 11 is 1.64. The van der Waals surface area contributed by atoms with Gasteiger partial charge in [0.25, 0.3) is 5.91 Å². The van der Waals surface area contributed by atoms with E-state index in [9.17, 15) is 13.2 Å². The fourth-order valence-corrected chi connectivity index (χ4v) is 6.84. The van der Waals surface area contributed by atoms with Crippen LogP contribution in [0.3, 0.4) is 0 Å². The molecular formula is C20H26N2O4S2. The molecule has 0 bridgehead atoms. The maximum atomic E-state index is 12.9. The minimum atomic E-state index is -3.61. The molecule has 152 valence electrons. The quantitative estimate of drug-likeness (QED) is 0.760. The van der Waals surface area contributed by atoms with Gasteiger partial charge in [-0.3, -0.25) is 4.79 Å². The smallest absolute Gasteiger partial charge is 0.287 e. The fraction of sp³-hybridized carbons (Fsp3) is 0.550. The van der Waals surface area contributed by atoms with E-state index in [0.29, 0.717) is 19.0 Å². The molecule has 1 saturated heterocycles. The molecule has 6 nitrogen and oxygen atoms in total. The van der Waals surface area contributed by atoms with E-state index in [0.717, 1.165) is 30.6 Å². The fourth-order valence-electron chi connectivity index (χ4n) is 4.29. The van der Waals surface area contributed by atoms with E-state index >= 15 is 0 Å². The van der Waals surface area contributed by atoms with Crippen molar-refractivity contribution in [2.75, 3.05) is 13.1 Å². The number of carbonyl (C=O) groups excluding carboxylic acids is 1. The summed E-state index contributed by atoms with van der Waals surface area (Å²) in [5.41, 5.74) is 0. The zero-order valence-corrected chi connectivity index (χ0v) is 17.7. The van der Waals surface area contributed by atoms with Crippen LogP contribution < -0.4 is 5.32 Å². The molecular weight excluding hydrogens is 396 g/mol. The summed E-state index contributed by atoms with van der Waals surface area (Å²) < 4.78 is 32.8.